The minimum Gasteiger partial charge on any atom is -0.233 e. The molecule has 0 fully saturated rings. The number of benzene rings is 1. The Morgan fingerprint density at radius 1 is 1.12 bits per heavy atom. The van der Waals surface area contributed by atoms with Gasteiger partial charge in [-0.05, 0) is 18.2 Å². The minimum atomic E-state index is -0.353. The van der Waals surface area contributed by atoms with Gasteiger partial charge >= 0.3 is 0 Å². The number of hydrogen-bond donors (Lipinski definition) is 0. The molecule has 0 amide bonds. The van der Waals surface area contributed by atoms with Gasteiger partial charge < -0.3 is 0 Å². The van der Waals surface area contributed by atoms with Gasteiger partial charge in [0.1, 0.15) is 17.7 Å². The molecule has 1 aromatic carbocycles. The van der Waals surface area contributed by atoms with Crippen molar-refractivity contribution in [2.24, 2.45) is 0 Å². The van der Waals surface area contributed by atoms with Crippen molar-refractivity contribution >= 4 is 10.9 Å². The molecule has 0 radical (unpaired) electrons. The van der Waals surface area contributed by atoms with Gasteiger partial charge in [0.25, 0.3) is 0 Å². The fourth-order valence-electron chi connectivity index (χ4n) is 1.61. The van der Waals surface area contributed by atoms with Gasteiger partial charge in [-0.15, -0.1) is 0 Å². The first-order valence-electron chi connectivity index (χ1n) is 4.75. The van der Waals surface area contributed by atoms with Gasteiger partial charge in [0.2, 0.25) is 0 Å². The number of hydrogen-bond acceptors (Lipinski definition) is 3. The van der Waals surface area contributed by atoms with Crippen LogP contribution in [-0.2, 0) is 0 Å². The molecular weight excluding hydrogens is 207 g/mol. The highest BCUT2D eigenvalue weighted by atomic mass is 19.1. The molecule has 0 unspecified atom stereocenters. The van der Waals surface area contributed by atoms with Gasteiger partial charge in [-0.2, -0.15) is 5.10 Å². The summed E-state index contributed by atoms with van der Waals surface area (Å²) in [4.78, 5) is 8.04. The van der Waals surface area contributed by atoms with Crippen molar-refractivity contribution in [3.05, 3.63) is 48.8 Å². The van der Waals surface area contributed by atoms with Crippen LogP contribution in [0.1, 0.15) is 0 Å². The maximum atomic E-state index is 13.5. The standard InChI is InChI=1S/C11H7FN4/c12-9-4-1-3-8-10(9)13-7-14-11(8)16-6-2-5-15-16/h1-7H. The summed E-state index contributed by atoms with van der Waals surface area (Å²) < 4.78 is 15.1. The minimum absolute atomic E-state index is 0.308. The molecule has 78 valence electrons. The van der Waals surface area contributed by atoms with Crippen LogP contribution in [0.2, 0.25) is 0 Å². The van der Waals surface area contributed by atoms with E-state index in [4.69, 9.17) is 0 Å². The number of aromatic nitrogens is 4. The summed E-state index contributed by atoms with van der Waals surface area (Å²) in [5, 5.41) is 4.71. The molecule has 0 aliphatic heterocycles. The van der Waals surface area contributed by atoms with Crippen LogP contribution in [0.15, 0.2) is 43.0 Å². The molecule has 0 N–H and O–H groups in total. The number of fused-ring (bicyclic) bond motifs is 1. The highest BCUT2D eigenvalue weighted by molar-refractivity contribution is 5.85. The second-order valence-corrected chi connectivity index (χ2v) is 3.28. The van der Waals surface area contributed by atoms with E-state index in [1.807, 2.05) is 0 Å². The van der Waals surface area contributed by atoms with Crippen molar-refractivity contribution in [1.82, 2.24) is 19.7 Å². The van der Waals surface area contributed by atoms with Gasteiger partial charge in [-0.3, -0.25) is 0 Å². The molecule has 16 heavy (non-hydrogen) atoms. The highest BCUT2D eigenvalue weighted by Gasteiger charge is 2.08. The first kappa shape index (κ1) is 8.96. The van der Waals surface area contributed by atoms with Crippen molar-refractivity contribution < 1.29 is 4.39 Å². The zero-order chi connectivity index (χ0) is 11.0. The van der Waals surface area contributed by atoms with Crippen LogP contribution in [-0.4, -0.2) is 19.7 Å². The zero-order valence-corrected chi connectivity index (χ0v) is 8.21. The van der Waals surface area contributed by atoms with E-state index < -0.39 is 0 Å². The van der Waals surface area contributed by atoms with Gasteiger partial charge in [0, 0.05) is 17.8 Å². The van der Waals surface area contributed by atoms with Crippen LogP contribution in [0.25, 0.3) is 16.7 Å². The molecule has 0 spiro atoms. The van der Waals surface area contributed by atoms with Crippen molar-refractivity contribution in [2.45, 2.75) is 0 Å². The Morgan fingerprint density at radius 3 is 2.88 bits per heavy atom. The summed E-state index contributed by atoms with van der Waals surface area (Å²) >= 11 is 0. The predicted octanol–water partition coefficient (Wildman–Crippen LogP) is 1.95. The quantitative estimate of drug-likeness (QED) is 0.621. The average Bonchev–Trinajstić information content (AvgIpc) is 2.82. The second-order valence-electron chi connectivity index (χ2n) is 3.28. The van der Waals surface area contributed by atoms with Gasteiger partial charge in [0.15, 0.2) is 5.82 Å². The third kappa shape index (κ3) is 1.25. The van der Waals surface area contributed by atoms with E-state index in [0.29, 0.717) is 16.7 Å². The molecule has 5 heteroatoms. The Hall–Kier alpha value is -2.30. The van der Waals surface area contributed by atoms with E-state index in [1.165, 1.54) is 12.4 Å². The summed E-state index contributed by atoms with van der Waals surface area (Å²) in [6, 6.07) is 6.57. The van der Waals surface area contributed by atoms with E-state index in [1.54, 1.807) is 35.3 Å². The monoisotopic (exact) mass is 214 g/mol. The Bertz CT molecular complexity index is 634. The number of para-hydroxylation sites is 1. The largest absolute Gasteiger partial charge is 0.233 e. The van der Waals surface area contributed by atoms with Crippen LogP contribution >= 0.6 is 0 Å². The molecule has 0 saturated carbocycles. The fourth-order valence-corrected chi connectivity index (χ4v) is 1.61. The molecule has 2 aromatic heterocycles. The van der Waals surface area contributed by atoms with Crippen molar-refractivity contribution in [3.8, 4) is 5.82 Å². The Balaban J connectivity index is 2.38. The van der Waals surface area contributed by atoms with Crippen LogP contribution in [0, 0.1) is 5.82 Å². The number of rotatable bonds is 1. The zero-order valence-electron chi connectivity index (χ0n) is 8.21. The maximum Gasteiger partial charge on any atom is 0.164 e. The highest BCUT2D eigenvalue weighted by Crippen LogP contribution is 2.19. The Morgan fingerprint density at radius 2 is 2.06 bits per heavy atom. The van der Waals surface area contributed by atoms with E-state index in [-0.39, 0.29) is 5.82 Å². The number of halogens is 1. The van der Waals surface area contributed by atoms with Crippen LogP contribution < -0.4 is 0 Å². The number of nitrogens with zero attached hydrogens (tertiary/aromatic N) is 4. The first-order chi connectivity index (χ1) is 7.86. The van der Waals surface area contributed by atoms with E-state index >= 15 is 0 Å². The van der Waals surface area contributed by atoms with Crippen LogP contribution in [0.4, 0.5) is 4.39 Å². The van der Waals surface area contributed by atoms with Gasteiger partial charge in [0.05, 0.1) is 0 Å². The van der Waals surface area contributed by atoms with E-state index in [9.17, 15) is 4.39 Å². The molecule has 4 nitrogen and oxygen atoms in total. The molecule has 0 saturated heterocycles. The van der Waals surface area contributed by atoms with Gasteiger partial charge in [-0.25, -0.2) is 19.0 Å². The van der Waals surface area contributed by atoms with E-state index in [0.717, 1.165) is 0 Å². The predicted molar refractivity (Wildman–Crippen MR) is 56.6 cm³/mol. The lowest BCUT2D eigenvalue weighted by Gasteiger charge is -2.04. The van der Waals surface area contributed by atoms with Crippen molar-refractivity contribution in [1.29, 1.82) is 0 Å². The average molecular weight is 214 g/mol. The normalized spacial score (nSPS) is 10.8. The van der Waals surface area contributed by atoms with Crippen LogP contribution in [0.3, 0.4) is 0 Å². The summed E-state index contributed by atoms with van der Waals surface area (Å²) in [7, 11) is 0. The SMILES string of the molecule is Fc1cccc2c(-n3cccn3)ncnc12. The molecule has 0 bridgehead atoms. The van der Waals surface area contributed by atoms with E-state index in [2.05, 4.69) is 15.1 Å². The summed E-state index contributed by atoms with van der Waals surface area (Å²) in [5.74, 6) is 0.225. The lowest BCUT2D eigenvalue weighted by molar-refractivity contribution is 0.636. The molecule has 0 atom stereocenters. The summed E-state index contributed by atoms with van der Waals surface area (Å²) in [6.07, 6.45) is 4.74. The first-order valence-corrected chi connectivity index (χ1v) is 4.75. The smallest absolute Gasteiger partial charge is 0.164 e. The van der Waals surface area contributed by atoms with Crippen molar-refractivity contribution in [2.75, 3.05) is 0 Å². The lowest BCUT2D eigenvalue weighted by Crippen LogP contribution is -2.00. The Kier molecular flexibility index (Phi) is 1.89. The molecule has 3 aromatic rings. The molecule has 3 rings (SSSR count). The topological polar surface area (TPSA) is 43.6 Å². The summed E-state index contributed by atoms with van der Waals surface area (Å²) in [5.41, 5.74) is 0.308. The lowest BCUT2D eigenvalue weighted by atomic mass is 10.2. The van der Waals surface area contributed by atoms with Crippen LogP contribution in [0.5, 0.6) is 0 Å². The fraction of sp³-hybridized carbons (Fsp3) is 0. The molecule has 0 aliphatic rings. The third-order valence-electron chi connectivity index (χ3n) is 2.32. The molecular formula is C11H7FN4. The van der Waals surface area contributed by atoms with Crippen molar-refractivity contribution in [3.63, 3.8) is 0 Å². The Labute approximate surface area is 90.4 Å². The maximum absolute atomic E-state index is 13.5. The molecule has 0 aliphatic carbocycles. The third-order valence-corrected chi connectivity index (χ3v) is 2.32. The second kappa shape index (κ2) is 3.37. The summed E-state index contributed by atoms with van der Waals surface area (Å²) in [6.45, 7) is 0. The molecule has 2 heterocycles. The van der Waals surface area contributed by atoms with Gasteiger partial charge in [-0.1, -0.05) is 6.07 Å².